The van der Waals surface area contributed by atoms with Crippen molar-refractivity contribution in [3.05, 3.63) is 66.2 Å². The second-order valence-corrected chi connectivity index (χ2v) is 12.4. The number of para-hydroxylation sites is 1. The summed E-state index contributed by atoms with van der Waals surface area (Å²) in [6, 6.07) is 17.3. The number of ether oxygens (including phenoxy) is 1. The molecule has 228 valence electrons. The molecule has 0 saturated carbocycles. The maximum absolute atomic E-state index is 13.9. The first kappa shape index (κ1) is 31.7. The van der Waals surface area contributed by atoms with E-state index in [1.807, 2.05) is 44.2 Å². The van der Waals surface area contributed by atoms with Gasteiger partial charge in [-0.2, -0.15) is 5.09 Å². The van der Waals surface area contributed by atoms with Gasteiger partial charge in [0.25, 0.3) is 0 Å². The minimum atomic E-state index is -4.21. The lowest BCUT2D eigenvalue weighted by Gasteiger charge is -2.47. The van der Waals surface area contributed by atoms with Crippen LogP contribution in [0.4, 0.5) is 0 Å². The fourth-order valence-electron chi connectivity index (χ4n) is 5.26. The molecule has 2 aliphatic rings. The molecule has 0 aliphatic carbocycles. The Kier molecular flexibility index (Phi) is 10.8. The Morgan fingerprint density at radius 3 is 2.33 bits per heavy atom. The zero-order valence-corrected chi connectivity index (χ0v) is 25.4. The lowest BCUT2D eigenvalue weighted by molar-refractivity contribution is -0.151. The first-order valence-electron chi connectivity index (χ1n) is 14.5. The Morgan fingerprint density at radius 1 is 1.05 bits per heavy atom. The number of esters is 1. The first-order valence-corrected chi connectivity index (χ1v) is 16.0. The van der Waals surface area contributed by atoms with E-state index in [1.54, 1.807) is 35.2 Å². The van der Waals surface area contributed by atoms with Crippen molar-refractivity contribution in [3.8, 4) is 5.75 Å². The summed E-state index contributed by atoms with van der Waals surface area (Å²) in [5.41, 5.74) is 0.223. The number of carbonyl (C=O) groups excluding carboxylic acids is 3. The Hall–Kier alpha value is -3.24. The molecule has 12 heteroatoms. The summed E-state index contributed by atoms with van der Waals surface area (Å²) >= 11 is 0. The summed E-state index contributed by atoms with van der Waals surface area (Å²) in [5.74, 6) is -0.891. The van der Waals surface area contributed by atoms with E-state index in [9.17, 15) is 18.9 Å². The summed E-state index contributed by atoms with van der Waals surface area (Å²) in [5, 5.41) is 5.56. The number of hydrogen-bond donors (Lipinski definition) is 2. The molecule has 0 radical (unpaired) electrons. The summed E-state index contributed by atoms with van der Waals surface area (Å²) in [6.45, 7) is 6.93. The highest BCUT2D eigenvalue weighted by atomic mass is 31.2. The number of benzene rings is 2. The summed E-state index contributed by atoms with van der Waals surface area (Å²) in [6.07, 6.45) is 1.60. The van der Waals surface area contributed by atoms with Gasteiger partial charge < -0.3 is 19.5 Å². The summed E-state index contributed by atoms with van der Waals surface area (Å²) in [4.78, 5) is 42.9. The quantitative estimate of drug-likeness (QED) is 0.262. The van der Waals surface area contributed by atoms with Crippen molar-refractivity contribution in [2.45, 2.75) is 64.3 Å². The second-order valence-electron chi connectivity index (χ2n) is 10.7. The Morgan fingerprint density at radius 2 is 1.71 bits per heavy atom. The number of amides is 2. The van der Waals surface area contributed by atoms with Crippen molar-refractivity contribution in [1.29, 1.82) is 0 Å². The van der Waals surface area contributed by atoms with Crippen LogP contribution in [0, 0.1) is 0 Å². The fourth-order valence-corrected chi connectivity index (χ4v) is 6.70. The van der Waals surface area contributed by atoms with Gasteiger partial charge in [-0.15, -0.1) is 0 Å². The maximum Gasteiger partial charge on any atom is 0.459 e. The zero-order chi connectivity index (χ0) is 30.2. The normalized spacial score (nSPS) is 21.1. The number of hydrogen-bond acceptors (Lipinski definition) is 8. The molecule has 3 unspecified atom stereocenters. The number of nitrogens with zero attached hydrogens (tertiary/aromatic N) is 2. The molecule has 2 aromatic rings. The Labute approximate surface area is 247 Å². The number of nitrogens with one attached hydrogen (secondary N) is 2. The number of carbonyl (C=O) groups is 3. The van der Waals surface area contributed by atoms with Gasteiger partial charge in [-0.3, -0.25) is 23.8 Å². The van der Waals surface area contributed by atoms with Crippen LogP contribution in [0.3, 0.4) is 0 Å². The van der Waals surface area contributed by atoms with Gasteiger partial charge in [0.1, 0.15) is 30.0 Å². The third-order valence-corrected chi connectivity index (χ3v) is 9.36. The standard InChI is InChI=1S/C30H41N4O7P/c1-4-25(5-2)40-28(36)23(3)32-42(38,41-26-14-10-7-11-15-26)39-21-27(35)33-18-19-34(20-24-12-8-6-9-13-24)30(22-33)16-17-31-29(30)37/h6-15,23,25H,4-5,16-22H2,1-3H3,(H,31,37)(H,32,38). The van der Waals surface area contributed by atoms with Crippen molar-refractivity contribution < 1.29 is 32.7 Å². The molecule has 3 atom stereocenters. The van der Waals surface area contributed by atoms with E-state index in [2.05, 4.69) is 15.3 Å². The largest absolute Gasteiger partial charge is 0.461 e. The van der Waals surface area contributed by atoms with Gasteiger partial charge >= 0.3 is 13.7 Å². The highest BCUT2D eigenvalue weighted by Gasteiger charge is 2.51. The molecule has 11 nitrogen and oxygen atoms in total. The molecule has 1 spiro atoms. The van der Waals surface area contributed by atoms with Crippen LogP contribution < -0.4 is 14.9 Å². The fraction of sp³-hybridized carbons (Fsp3) is 0.500. The summed E-state index contributed by atoms with van der Waals surface area (Å²) < 4.78 is 30.7. The van der Waals surface area contributed by atoms with Crippen LogP contribution >= 0.6 is 7.75 Å². The molecule has 2 fully saturated rings. The third kappa shape index (κ3) is 7.77. The molecule has 2 amide bonds. The highest BCUT2D eigenvalue weighted by molar-refractivity contribution is 7.52. The van der Waals surface area contributed by atoms with Gasteiger partial charge in [0.2, 0.25) is 11.8 Å². The highest BCUT2D eigenvalue weighted by Crippen LogP contribution is 2.45. The zero-order valence-electron chi connectivity index (χ0n) is 24.5. The van der Waals surface area contributed by atoms with E-state index in [0.717, 1.165) is 5.56 Å². The van der Waals surface area contributed by atoms with Crippen LogP contribution in [-0.2, 0) is 34.8 Å². The van der Waals surface area contributed by atoms with Gasteiger partial charge in [-0.05, 0) is 43.9 Å². The van der Waals surface area contributed by atoms with E-state index >= 15 is 0 Å². The summed E-state index contributed by atoms with van der Waals surface area (Å²) in [7, 11) is -4.21. The van der Waals surface area contributed by atoms with Crippen LogP contribution in [0.1, 0.15) is 45.6 Å². The van der Waals surface area contributed by atoms with E-state index < -0.39 is 37.8 Å². The van der Waals surface area contributed by atoms with Gasteiger partial charge in [-0.1, -0.05) is 62.4 Å². The van der Waals surface area contributed by atoms with Gasteiger partial charge in [0.15, 0.2) is 0 Å². The predicted octanol–water partition coefficient (Wildman–Crippen LogP) is 3.50. The molecule has 0 bridgehead atoms. The predicted molar refractivity (Wildman–Crippen MR) is 157 cm³/mol. The van der Waals surface area contributed by atoms with Crippen molar-refractivity contribution in [1.82, 2.24) is 20.2 Å². The molecule has 42 heavy (non-hydrogen) atoms. The topological polar surface area (TPSA) is 127 Å². The SMILES string of the molecule is CCC(CC)OC(=O)C(C)NP(=O)(OCC(=O)N1CCN(Cc2ccccc2)C2(CCNC2=O)C1)Oc1ccccc1. The molecule has 2 N–H and O–H groups in total. The molecular weight excluding hydrogens is 559 g/mol. The Balaban J connectivity index is 1.44. The number of rotatable bonds is 13. The molecule has 0 aromatic heterocycles. The van der Waals surface area contributed by atoms with Crippen LogP contribution in [0.2, 0.25) is 0 Å². The van der Waals surface area contributed by atoms with Gasteiger partial charge in [-0.25, -0.2) is 4.57 Å². The molecule has 2 aliphatic heterocycles. The molecule has 2 heterocycles. The van der Waals surface area contributed by atoms with Gasteiger partial charge in [0.05, 0.1) is 0 Å². The maximum atomic E-state index is 13.9. The van der Waals surface area contributed by atoms with Crippen molar-refractivity contribution in [2.24, 2.45) is 0 Å². The second kappa shape index (κ2) is 14.3. The molecule has 4 rings (SSSR count). The van der Waals surface area contributed by atoms with E-state index in [1.165, 1.54) is 6.92 Å². The number of piperazine rings is 1. The molecule has 2 saturated heterocycles. The van der Waals surface area contributed by atoms with Gasteiger partial charge in [0, 0.05) is 32.7 Å². The van der Waals surface area contributed by atoms with Crippen LogP contribution in [-0.4, -0.2) is 78.1 Å². The van der Waals surface area contributed by atoms with E-state index in [4.69, 9.17) is 13.8 Å². The smallest absolute Gasteiger partial charge is 0.459 e. The molecular formula is C30H41N4O7P. The van der Waals surface area contributed by atoms with Crippen molar-refractivity contribution in [3.63, 3.8) is 0 Å². The Bertz CT molecular complexity index is 1260. The van der Waals surface area contributed by atoms with Crippen LogP contribution in [0.15, 0.2) is 60.7 Å². The van der Waals surface area contributed by atoms with Crippen molar-refractivity contribution in [2.75, 3.05) is 32.8 Å². The third-order valence-electron chi connectivity index (χ3n) is 7.74. The minimum Gasteiger partial charge on any atom is -0.461 e. The van der Waals surface area contributed by atoms with E-state index in [0.29, 0.717) is 45.4 Å². The van der Waals surface area contributed by atoms with Crippen LogP contribution in [0.25, 0.3) is 0 Å². The van der Waals surface area contributed by atoms with Crippen molar-refractivity contribution >= 4 is 25.5 Å². The average Bonchev–Trinajstić information content (AvgIpc) is 3.36. The minimum absolute atomic E-state index is 0.110. The van der Waals surface area contributed by atoms with E-state index in [-0.39, 0.29) is 24.3 Å². The van der Waals surface area contributed by atoms with Crippen LogP contribution in [0.5, 0.6) is 5.75 Å². The molecule has 2 aromatic carbocycles. The lowest BCUT2D eigenvalue weighted by Crippen LogP contribution is -2.66. The monoisotopic (exact) mass is 600 g/mol. The first-order chi connectivity index (χ1) is 20.2. The average molecular weight is 601 g/mol. The lowest BCUT2D eigenvalue weighted by atomic mass is 9.91.